The van der Waals surface area contributed by atoms with Crippen molar-refractivity contribution in [2.45, 2.75) is 44.4 Å². The topological polar surface area (TPSA) is 17.1 Å². The van der Waals surface area contributed by atoms with Crippen LogP contribution < -0.4 is 0 Å². The highest BCUT2D eigenvalue weighted by Gasteiger charge is 2.06. The largest absolute Gasteiger partial charge is 0.248 e. The minimum Gasteiger partial charge on any atom is -0.248 e. The smallest absolute Gasteiger partial charge is 0.106 e. The zero-order valence-corrected chi connectivity index (χ0v) is 12.0. The summed E-state index contributed by atoms with van der Waals surface area (Å²) in [7, 11) is -1.22. The van der Waals surface area contributed by atoms with Crippen molar-refractivity contribution in [3.05, 3.63) is 40.3 Å². The summed E-state index contributed by atoms with van der Waals surface area (Å²) in [6.07, 6.45) is 6.28. The molecular weight excluding hydrogens is 252 g/mol. The Morgan fingerprint density at radius 1 is 1.29 bits per heavy atom. The highest BCUT2D eigenvalue weighted by atomic mass is 35.5. The van der Waals surface area contributed by atoms with Crippen LogP contribution in [0, 0.1) is 6.92 Å². The van der Waals surface area contributed by atoms with Crippen molar-refractivity contribution in [1.82, 2.24) is 0 Å². The molecule has 0 aliphatic carbocycles. The number of halogens is 1. The third-order valence-corrected chi connectivity index (χ3v) is 4.32. The second-order valence-electron chi connectivity index (χ2n) is 4.09. The lowest BCUT2D eigenvalue weighted by Gasteiger charge is -2.01. The van der Waals surface area contributed by atoms with Crippen LogP contribution in [0.25, 0.3) is 0 Å². The van der Waals surface area contributed by atoms with Crippen molar-refractivity contribution in [2.75, 3.05) is 0 Å². The van der Waals surface area contributed by atoms with Crippen LogP contribution in [0.1, 0.15) is 38.2 Å². The van der Waals surface area contributed by atoms with Crippen LogP contribution in [-0.2, 0) is 10.8 Å². The molecule has 1 atom stereocenters. The monoisotopic (exact) mass is 270 g/mol. The summed E-state index contributed by atoms with van der Waals surface area (Å²) in [6, 6.07) is 7.64. The third-order valence-electron chi connectivity index (χ3n) is 2.52. The van der Waals surface area contributed by atoms with Gasteiger partial charge < -0.3 is 0 Å². The molecule has 0 radical (unpaired) electrons. The lowest BCUT2D eigenvalue weighted by molar-refractivity contribution is 0.687. The van der Waals surface area contributed by atoms with Crippen molar-refractivity contribution in [2.24, 2.45) is 0 Å². The van der Waals surface area contributed by atoms with E-state index in [4.69, 9.17) is 11.6 Å². The maximum Gasteiger partial charge on any atom is 0.106 e. The van der Waals surface area contributed by atoms with Crippen LogP contribution in [0.4, 0.5) is 0 Å². The van der Waals surface area contributed by atoms with E-state index >= 15 is 0 Å². The lowest BCUT2D eigenvalue weighted by Crippen LogP contribution is -1.91. The number of unbranched alkanes of at least 4 members (excludes halogenated alkanes) is 3. The molecule has 0 aliphatic rings. The van der Waals surface area contributed by atoms with E-state index in [1.807, 2.05) is 37.3 Å². The Kier molecular flexibility index (Phi) is 6.53. The molecule has 0 bridgehead atoms. The number of allylic oxidation sites excluding steroid dienone is 1. The molecule has 0 fully saturated rings. The molecule has 17 heavy (non-hydrogen) atoms. The van der Waals surface area contributed by atoms with E-state index in [2.05, 4.69) is 6.92 Å². The van der Waals surface area contributed by atoms with Gasteiger partial charge in [-0.3, -0.25) is 0 Å². The Hall–Kier alpha value is -0.600. The van der Waals surface area contributed by atoms with Crippen molar-refractivity contribution < 1.29 is 4.21 Å². The van der Waals surface area contributed by atoms with Crippen LogP contribution in [0.3, 0.4) is 0 Å². The molecular formula is C14H19ClOS. The van der Waals surface area contributed by atoms with Crippen LogP contribution in [0.2, 0.25) is 0 Å². The Bertz CT molecular complexity index is 395. The summed E-state index contributed by atoms with van der Waals surface area (Å²) < 4.78 is 12.5. The molecule has 0 aromatic heterocycles. The Morgan fingerprint density at radius 2 is 1.94 bits per heavy atom. The lowest BCUT2D eigenvalue weighted by atomic mass is 10.2. The van der Waals surface area contributed by atoms with Gasteiger partial charge in [0.15, 0.2) is 0 Å². The predicted octanol–water partition coefficient (Wildman–Crippen LogP) is 4.76. The fourth-order valence-electron chi connectivity index (χ4n) is 1.46. The van der Waals surface area contributed by atoms with E-state index in [9.17, 15) is 4.21 Å². The van der Waals surface area contributed by atoms with E-state index in [1.165, 1.54) is 12.8 Å². The number of rotatable bonds is 6. The summed E-state index contributed by atoms with van der Waals surface area (Å²) in [5.74, 6) is 0. The first kappa shape index (κ1) is 14.5. The molecule has 3 heteroatoms. The highest BCUT2D eigenvalue weighted by Crippen LogP contribution is 2.19. The van der Waals surface area contributed by atoms with Gasteiger partial charge in [0.2, 0.25) is 0 Å². The maximum atomic E-state index is 12.0. The average Bonchev–Trinajstić information content (AvgIpc) is 2.34. The number of hydrogen-bond donors (Lipinski definition) is 0. The second-order valence-corrected chi connectivity index (χ2v) is 6.17. The van der Waals surface area contributed by atoms with Crippen LogP contribution in [-0.4, -0.2) is 4.21 Å². The van der Waals surface area contributed by atoms with E-state index in [-0.39, 0.29) is 0 Å². The van der Waals surface area contributed by atoms with Gasteiger partial charge in [-0.15, -0.1) is 0 Å². The van der Waals surface area contributed by atoms with Crippen LogP contribution >= 0.6 is 11.6 Å². The molecule has 0 heterocycles. The van der Waals surface area contributed by atoms with Crippen molar-refractivity contribution in [1.29, 1.82) is 0 Å². The van der Waals surface area contributed by atoms with E-state index in [0.29, 0.717) is 4.36 Å². The molecule has 0 N–H and O–H groups in total. The number of aryl methyl sites for hydroxylation is 1. The normalized spacial score (nSPS) is 13.7. The van der Waals surface area contributed by atoms with Gasteiger partial charge in [0, 0.05) is 4.90 Å². The Balaban J connectivity index is 2.60. The highest BCUT2D eigenvalue weighted by molar-refractivity contribution is 7.90. The molecule has 0 saturated heterocycles. The van der Waals surface area contributed by atoms with Gasteiger partial charge in [-0.1, -0.05) is 55.1 Å². The zero-order valence-electron chi connectivity index (χ0n) is 10.4. The minimum absolute atomic E-state index is 0.449. The standard InChI is InChI=1S/C14H19ClOS/c1-3-4-5-6-7-14(15)17(16)13-10-8-12(2)9-11-13/h7-11H,3-6H2,1-2H3/b14-7+. The Labute approximate surface area is 111 Å². The summed E-state index contributed by atoms with van der Waals surface area (Å²) in [6.45, 7) is 4.17. The van der Waals surface area contributed by atoms with Gasteiger partial charge in [0.05, 0.1) is 10.8 Å². The molecule has 0 amide bonds. The quantitative estimate of drug-likeness (QED) is 0.681. The zero-order chi connectivity index (χ0) is 12.7. The first-order valence-electron chi connectivity index (χ1n) is 5.99. The number of benzene rings is 1. The van der Waals surface area contributed by atoms with Gasteiger partial charge in [-0.25, -0.2) is 4.21 Å². The predicted molar refractivity (Wildman–Crippen MR) is 75.7 cm³/mol. The fraction of sp³-hybridized carbons (Fsp3) is 0.429. The minimum atomic E-state index is -1.22. The van der Waals surface area contributed by atoms with Gasteiger partial charge in [0.1, 0.15) is 4.36 Å². The summed E-state index contributed by atoms with van der Waals surface area (Å²) in [5.41, 5.74) is 1.16. The summed E-state index contributed by atoms with van der Waals surface area (Å²) >= 11 is 6.05. The van der Waals surface area contributed by atoms with Gasteiger partial charge in [-0.2, -0.15) is 0 Å². The van der Waals surface area contributed by atoms with Crippen molar-refractivity contribution >= 4 is 22.4 Å². The number of hydrogen-bond acceptors (Lipinski definition) is 1. The van der Waals surface area contributed by atoms with Crippen molar-refractivity contribution in [3.63, 3.8) is 0 Å². The van der Waals surface area contributed by atoms with Crippen molar-refractivity contribution in [3.8, 4) is 0 Å². The summed E-state index contributed by atoms with van der Waals surface area (Å²) in [5, 5.41) is 0. The first-order valence-corrected chi connectivity index (χ1v) is 7.52. The molecule has 1 unspecified atom stereocenters. The molecule has 0 spiro atoms. The first-order chi connectivity index (χ1) is 8.15. The SMILES string of the molecule is CCCCC/C=C(\Cl)S(=O)c1ccc(C)cc1. The average molecular weight is 271 g/mol. The third kappa shape index (κ3) is 5.05. The van der Waals surface area contributed by atoms with Gasteiger partial charge in [0.25, 0.3) is 0 Å². The van der Waals surface area contributed by atoms with Gasteiger partial charge in [-0.05, 0) is 31.9 Å². The van der Waals surface area contributed by atoms with E-state index in [1.54, 1.807) is 0 Å². The molecule has 1 rings (SSSR count). The van der Waals surface area contributed by atoms with E-state index in [0.717, 1.165) is 23.3 Å². The van der Waals surface area contributed by atoms with E-state index < -0.39 is 10.8 Å². The van der Waals surface area contributed by atoms with Crippen LogP contribution in [0.5, 0.6) is 0 Å². The maximum absolute atomic E-state index is 12.0. The fourth-order valence-corrected chi connectivity index (χ4v) is 2.71. The second kappa shape index (κ2) is 7.67. The molecule has 0 aliphatic heterocycles. The molecule has 1 aromatic carbocycles. The summed E-state index contributed by atoms with van der Waals surface area (Å²) in [4.78, 5) is 0.771. The molecule has 1 aromatic rings. The van der Waals surface area contributed by atoms with Gasteiger partial charge >= 0.3 is 0 Å². The Morgan fingerprint density at radius 3 is 2.53 bits per heavy atom. The molecule has 1 nitrogen and oxygen atoms in total. The molecule has 0 saturated carbocycles. The van der Waals surface area contributed by atoms with Crippen LogP contribution in [0.15, 0.2) is 39.6 Å². The molecule has 94 valence electrons.